The Labute approximate surface area is 155 Å². The summed E-state index contributed by atoms with van der Waals surface area (Å²) < 4.78 is 24.2. The Bertz CT molecular complexity index is 720. The van der Waals surface area contributed by atoms with Crippen molar-refractivity contribution in [1.29, 1.82) is 0 Å². The highest BCUT2D eigenvalue weighted by atomic mass is 32.2. The van der Waals surface area contributed by atoms with Crippen LogP contribution in [0.2, 0.25) is 0 Å². The number of nitrogens with one attached hydrogen (secondary N) is 1. The SMILES string of the molecule is CC(C)[C@H](NC(=O)C(Cc1ccccc1)CS(=O)(=O)C(C)(C)C)C(=O)O. The average molecular weight is 384 g/mol. The molecule has 0 saturated heterocycles. The lowest BCUT2D eigenvalue weighted by atomic mass is 9.98. The summed E-state index contributed by atoms with van der Waals surface area (Å²) in [6, 6.07) is 8.05. The first-order valence-corrected chi connectivity index (χ1v) is 10.3. The van der Waals surface area contributed by atoms with Crippen LogP contribution in [-0.2, 0) is 25.8 Å². The Morgan fingerprint density at radius 2 is 1.65 bits per heavy atom. The van der Waals surface area contributed by atoms with Crippen LogP contribution in [0, 0.1) is 11.8 Å². The topological polar surface area (TPSA) is 101 Å². The van der Waals surface area contributed by atoms with Crippen molar-refractivity contribution in [2.24, 2.45) is 11.8 Å². The van der Waals surface area contributed by atoms with E-state index >= 15 is 0 Å². The van der Waals surface area contributed by atoms with E-state index in [1.54, 1.807) is 34.6 Å². The van der Waals surface area contributed by atoms with E-state index in [4.69, 9.17) is 0 Å². The molecule has 26 heavy (non-hydrogen) atoms. The minimum Gasteiger partial charge on any atom is -0.480 e. The van der Waals surface area contributed by atoms with Crippen molar-refractivity contribution < 1.29 is 23.1 Å². The minimum atomic E-state index is -3.55. The summed E-state index contributed by atoms with van der Waals surface area (Å²) in [6.45, 7) is 8.16. The van der Waals surface area contributed by atoms with Gasteiger partial charge in [0.05, 0.1) is 16.4 Å². The molecular weight excluding hydrogens is 354 g/mol. The lowest BCUT2D eigenvalue weighted by Gasteiger charge is -2.26. The van der Waals surface area contributed by atoms with Crippen LogP contribution in [0.15, 0.2) is 30.3 Å². The predicted molar refractivity (Wildman–Crippen MR) is 102 cm³/mol. The molecule has 0 heterocycles. The lowest BCUT2D eigenvalue weighted by Crippen LogP contribution is -2.49. The first-order valence-electron chi connectivity index (χ1n) is 8.64. The van der Waals surface area contributed by atoms with E-state index in [0.717, 1.165) is 5.56 Å². The Hall–Kier alpha value is -1.89. The van der Waals surface area contributed by atoms with Crippen molar-refractivity contribution in [2.45, 2.75) is 51.8 Å². The van der Waals surface area contributed by atoms with E-state index in [-0.39, 0.29) is 18.1 Å². The van der Waals surface area contributed by atoms with Crippen LogP contribution >= 0.6 is 0 Å². The monoisotopic (exact) mass is 383 g/mol. The fourth-order valence-electron chi connectivity index (χ4n) is 2.43. The summed E-state index contributed by atoms with van der Waals surface area (Å²) in [4.78, 5) is 24.1. The van der Waals surface area contributed by atoms with Crippen molar-refractivity contribution in [3.8, 4) is 0 Å². The van der Waals surface area contributed by atoms with E-state index in [1.165, 1.54) is 0 Å². The average Bonchev–Trinajstić information content (AvgIpc) is 2.50. The number of hydrogen-bond donors (Lipinski definition) is 2. The van der Waals surface area contributed by atoms with Gasteiger partial charge in [0.25, 0.3) is 0 Å². The zero-order valence-electron chi connectivity index (χ0n) is 16.0. The van der Waals surface area contributed by atoms with Crippen molar-refractivity contribution in [2.75, 3.05) is 5.75 Å². The molecule has 0 aliphatic rings. The zero-order chi connectivity index (χ0) is 20.1. The summed E-state index contributed by atoms with van der Waals surface area (Å²) in [5.41, 5.74) is 0.827. The van der Waals surface area contributed by atoms with Crippen LogP contribution in [-0.4, -0.2) is 41.9 Å². The maximum Gasteiger partial charge on any atom is 0.326 e. The molecular formula is C19H29NO5S. The van der Waals surface area contributed by atoms with Crippen LogP contribution in [0.1, 0.15) is 40.2 Å². The smallest absolute Gasteiger partial charge is 0.326 e. The number of rotatable bonds is 8. The Balaban J connectivity index is 3.10. The van der Waals surface area contributed by atoms with E-state index in [9.17, 15) is 23.1 Å². The fraction of sp³-hybridized carbons (Fsp3) is 0.579. The second-order valence-corrected chi connectivity index (χ2v) is 10.6. The molecule has 1 unspecified atom stereocenters. The predicted octanol–water partition coefficient (Wildman–Crippen LogP) is 2.28. The van der Waals surface area contributed by atoms with Crippen molar-refractivity contribution in [3.63, 3.8) is 0 Å². The summed E-state index contributed by atoms with van der Waals surface area (Å²) in [5.74, 6) is -3.19. The third-order valence-corrected chi connectivity index (χ3v) is 6.99. The van der Waals surface area contributed by atoms with Crippen LogP contribution in [0.4, 0.5) is 0 Å². The third-order valence-electron chi connectivity index (χ3n) is 4.28. The number of sulfone groups is 1. The summed E-state index contributed by atoms with van der Waals surface area (Å²) in [6.07, 6.45) is 0.229. The lowest BCUT2D eigenvalue weighted by molar-refractivity contribution is -0.143. The Morgan fingerprint density at radius 3 is 2.08 bits per heavy atom. The number of carbonyl (C=O) groups is 2. The van der Waals surface area contributed by atoms with Gasteiger partial charge in [-0.05, 0) is 38.7 Å². The second-order valence-electron chi connectivity index (χ2n) is 7.85. The minimum absolute atomic E-state index is 0.229. The van der Waals surface area contributed by atoms with Gasteiger partial charge in [-0.15, -0.1) is 0 Å². The molecule has 0 aliphatic heterocycles. The van der Waals surface area contributed by atoms with Crippen LogP contribution in [0.25, 0.3) is 0 Å². The van der Waals surface area contributed by atoms with Crippen molar-refractivity contribution >= 4 is 21.7 Å². The maximum absolute atomic E-state index is 12.7. The van der Waals surface area contributed by atoms with Gasteiger partial charge in [-0.3, -0.25) is 4.79 Å². The number of carbonyl (C=O) groups excluding carboxylic acids is 1. The first kappa shape index (κ1) is 22.2. The first-order chi connectivity index (χ1) is 11.8. The van der Waals surface area contributed by atoms with Crippen LogP contribution in [0.3, 0.4) is 0 Å². The molecule has 0 bridgehead atoms. The standard InChI is InChI=1S/C19H29NO5S/c1-13(2)16(18(22)23)20-17(21)15(11-14-9-7-6-8-10-14)12-26(24,25)19(3,4)5/h6-10,13,15-16H,11-12H2,1-5H3,(H,20,21)(H,22,23)/t15?,16-/m0/s1. The molecule has 6 nitrogen and oxygen atoms in total. The molecule has 7 heteroatoms. The van der Waals surface area contributed by atoms with Gasteiger partial charge in [0.15, 0.2) is 9.84 Å². The summed E-state index contributed by atoms with van der Waals surface area (Å²) in [5, 5.41) is 11.8. The van der Waals surface area contributed by atoms with E-state index in [2.05, 4.69) is 5.32 Å². The quantitative estimate of drug-likeness (QED) is 0.717. The van der Waals surface area contributed by atoms with Crippen LogP contribution in [0.5, 0.6) is 0 Å². The molecule has 1 aromatic rings. The molecule has 0 fully saturated rings. The normalized spacial score (nSPS) is 14.7. The van der Waals surface area contributed by atoms with Gasteiger partial charge in [-0.25, -0.2) is 13.2 Å². The summed E-state index contributed by atoms with van der Waals surface area (Å²) in [7, 11) is -3.55. The largest absolute Gasteiger partial charge is 0.480 e. The van der Waals surface area contributed by atoms with Gasteiger partial charge in [0.1, 0.15) is 6.04 Å². The Morgan fingerprint density at radius 1 is 1.12 bits per heavy atom. The van der Waals surface area contributed by atoms with Gasteiger partial charge in [0.2, 0.25) is 5.91 Å². The van der Waals surface area contributed by atoms with Gasteiger partial charge in [0, 0.05) is 0 Å². The number of benzene rings is 1. The summed E-state index contributed by atoms with van der Waals surface area (Å²) >= 11 is 0. The third kappa shape index (κ3) is 6.12. The number of carboxylic acid groups (broad SMARTS) is 1. The van der Waals surface area contributed by atoms with E-state index in [0.29, 0.717) is 0 Å². The molecule has 0 radical (unpaired) electrons. The number of aliphatic carboxylic acids is 1. The van der Waals surface area contributed by atoms with E-state index < -0.39 is 38.4 Å². The molecule has 0 aliphatic carbocycles. The zero-order valence-corrected chi connectivity index (χ0v) is 16.8. The molecule has 2 atom stereocenters. The molecule has 1 amide bonds. The molecule has 0 spiro atoms. The van der Waals surface area contributed by atoms with Gasteiger partial charge in [-0.1, -0.05) is 44.2 Å². The number of amides is 1. The highest BCUT2D eigenvalue weighted by Gasteiger charge is 2.36. The number of carboxylic acids is 1. The molecule has 2 N–H and O–H groups in total. The highest BCUT2D eigenvalue weighted by Crippen LogP contribution is 2.21. The molecule has 1 rings (SSSR count). The van der Waals surface area contributed by atoms with E-state index in [1.807, 2.05) is 30.3 Å². The Kier molecular flexibility index (Phi) is 7.38. The molecule has 0 saturated carbocycles. The van der Waals surface area contributed by atoms with Gasteiger partial charge in [-0.2, -0.15) is 0 Å². The number of hydrogen-bond acceptors (Lipinski definition) is 4. The van der Waals surface area contributed by atoms with Crippen molar-refractivity contribution in [3.05, 3.63) is 35.9 Å². The highest BCUT2D eigenvalue weighted by molar-refractivity contribution is 7.92. The van der Waals surface area contributed by atoms with Gasteiger partial charge < -0.3 is 10.4 Å². The molecule has 1 aromatic carbocycles. The van der Waals surface area contributed by atoms with Gasteiger partial charge >= 0.3 is 5.97 Å². The fourth-order valence-corrected chi connectivity index (χ4v) is 3.72. The molecule has 0 aromatic heterocycles. The second kappa shape index (κ2) is 8.66. The van der Waals surface area contributed by atoms with Crippen LogP contribution < -0.4 is 5.32 Å². The van der Waals surface area contributed by atoms with Crippen molar-refractivity contribution in [1.82, 2.24) is 5.32 Å². The maximum atomic E-state index is 12.7. The molecule has 146 valence electrons.